The summed E-state index contributed by atoms with van der Waals surface area (Å²) in [5.41, 5.74) is 4.55. The highest BCUT2D eigenvalue weighted by molar-refractivity contribution is 6.00. The summed E-state index contributed by atoms with van der Waals surface area (Å²) in [6.07, 6.45) is 5.61. The van der Waals surface area contributed by atoms with Crippen molar-refractivity contribution in [3.63, 3.8) is 0 Å². The molecule has 3 heterocycles. The number of ether oxygens (including phenoxy) is 2. The van der Waals surface area contributed by atoms with E-state index in [1.165, 1.54) is 11.1 Å². The van der Waals surface area contributed by atoms with Crippen LogP contribution >= 0.6 is 0 Å². The number of hydrogen-bond acceptors (Lipinski definition) is 5. The number of benzene rings is 2. The second kappa shape index (κ2) is 10.0. The van der Waals surface area contributed by atoms with E-state index in [0.717, 1.165) is 47.3 Å². The van der Waals surface area contributed by atoms with Gasteiger partial charge in [-0.15, -0.1) is 0 Å². The van der Waals surface area contributed by atoms with Crippen LogP contribution in [-0.2, 0) is 4.74 Å². The van der Waals surface area contributed by atoms with Crippen molar-refractivity contribution in [2.24, 2.45) is 0 Å². The van der Waals surface area contributed by atoms with Crippen molar-refractivity contribution >= 4 is 17.0 Å². The zero-order chi connectivity index (χ0) is 26.2. The minimum Gasteiger partial charge on any atom is -0.497 e. The lowest BCUT2D eigenvalue weighted by Crippen LogP contribution is -2.26. The molecule has 1 fully saturated rings. The standard InChI is InChI=1S/C31H35N3O3/c1-21(22-12-14-24(36-5)15-13-22)33-18-8-11-28(33)23-16-17-32-27(19-23)26-20-34(30(35)37-31(2,3)4)29-10-7-6-9-25(26)29/h6-7,9-10,12-17,19-21,28H,8,11,18H2,1-5H3/t21-,28+/m1/s1. The van der Waals surface area contributed by atoms with Crippen LogP contribution in [0.25, 0.3) is 22.2 Å². The van der Waals surface area contributed by atoms with E-state index in [1.807, 2.05) is 69.6 Å². The third-order valence-corrected chi connectivity index (χ3v) is 7.14. The summed E-state index contributed by atoms with van der Waals surface area (Å²) in [7, 11) is 1.70. The molecule has 0 unspecified atom stereocenters. The zero-order valence-electron chi connectivity index (χ0n) is 22.3. The molecule has 0 bridgehead atoms. The largest absolute Gasteiger partial charge is 0.497 e. The first-order valence-corrected chi connectivity index (χ1v) is 12.9. The van der Waals surface area contributed by atoms with E-state index in [9.17, 15) is 4.79 Å². The fourth-order valence-electron chi connectivity index (χ4n) is 5.33. The Labute approximate surface area is 218 Å². The van der Waals surface area contributed by atoms with Crippen molar-refractivity contribution < 1.29 is 14.3 Å². The van der Waals surface area contributed by atoms with E-state index < -0.39 is 5.60 Å². The van der Waals surface area contributed by atoms with Gasteiger partial charge in [0, 0.05) is 35.4 Å². The molecule has 1 saturated heterocycles. The summed E-state index contributed by atoms with van der Waals surface area (Å²) in [5, 5.41) is 0.980. The van der Waals surface area contributed by atoms with E-state index >= 15 is 0 Å². The fraction of sp³-hybridized carbons (Fsp3) is 0.355. The highest BCUT2D eigenvalue weighted by Crippen LogP contribution is 2.40. The van der Waals surface area contributed by atoms with Gasteiger partial charge in [-0.2, -0.15) is 0 Å². The Morgan fingerprint density at radius 1 is 1.08 bits per heavy atom. The fourth-order valence-corrected chi connectivity index (χ4v) is 5.33. The molecular formula is C31H35N3O3. The molecule has 0 N–H and O–H groups in total. The predicted octanol–water partition coefficient (Wildman–Crippen LogP) is 7.39. The summed E-state index contributed by atoms with van der Waals surface area (Å²) in [5.74, 6) is 0.873. The molecule has 0 spiro atoms. The lowest BCUT2D eigenvalue weighted by Gasteiger charge is -2.31. The molecule has 1 aliphatic heterocycles. The maximum absolute atomic E-state index is 13.0. The molecule has 4 aromatic rings. The number of pyridine rings is 1. The quantitative estimate of drug-likeness (QED) is 0.288. The number of methoxy groups -OCH3 is 1. The van der Waals surface area contributed by atoms with Crippen molar-refractivity contribution in [3.05, 3.63) is 84.2 Å². The Balaban J connectivity index is 1.48. The predicted molar refractivity (Wildman–Crippen MR) is 147 cm³/mol. The van der Waals surface area contributed by atoms with E-state index in [-0.39, 0.29) is 12.1 Å². The van der Waals surface area contributed by atoms with Crippen LogP contribution in [-0.4, -0.2) is 39.8 Å². The summed E-state index contributed by atoms with van der Waals surface area (Å²) in [6, 6.07) is 21.2. The van der Waals surface area contributed by atoms with Gasteiger partial charge in [0.05, 0.1) is 18.3 Å². The average Bonchev–Trinajstić information content (AvgIpc) is 3.53. The molecule has 0 radical (unpaired) electrons. The highest BCUT2D eigenvalue weighted by atomic mass is 16.6. The molecule has 2 atom stereocenters. The van der Waals surface area contributed by atoms with Crippen molar-refractivity contribution in [1.29, 1.82) is 0 Å². The minimum absolute atomic E-state index is 0.282. The van der Waals surface area contributed by atoms with Crippen LogP contribution < -0.4 is 4.74 Å². The Morgan fingerprint density at radius 2 is 1.84 bits per heavy atom. The van der Waals surface area contributed by atoms with Gasteiger partial charge in [-0.1, -0.05) is 30.3 Å². The van der Waals surface area contributed by atoms with Crippen LogP contribution in [0.2, 0.25) is 0 Å². The number of aromatic nitrogens is 2. The second-order valence-corrected chi connectivity index (χ2v) is 10.7. The van der Waals surface area contributed by atoms with Gasteiger partial charge in [0.1, 0.15) is 11.4 Å². The minimum atomic E-state index is -0.576. The summed E-state index contributed by atoms with van der Waals surface area (Å²) in [6.45, 7) is 8.96. The van der Waals surface area contributed by atoms with Crippen LogP contribution in [0.1, 0.15) is 63.7 Å². The highest BCUT2D eigenvalue weighted by Gasteiger charge is 2.31. The van der Waals surface area contributed by atoms with E-state index in [2.05, 4.69) is 36.1 Å². The maximum Gasteiger partial charge on any atom is 0.419 e. The van der Waals surface area contributed by atoms with Crippen LogP contribution in [0, 0.1) is 0 Å². The number of carbonyl (C=O) groups excluding carboxylic acids is 1. The lowest BCUT2D eigenvalue weighted by molar-refractivity contribution is 0.0544. The van der Waals surface area contributed by atoms with Gasteiger partial charge in [0.25, 0.3) is 0 Å². The first kappa shape index (κ1) is 25.0. The zero-order valence-corrected chi connectivity index (χ0v) is 22.3. The molecule has 5 rings (SSSR count). The maximum atomic E-state index is 13.0. The number of rotatable bonds is 5. The average molecular weight is 498 g/mol. The van der Waals surface area contributed by atoms with E-state index in [4.69, 9.17) is 14.5 Å². The van der Waals surface area contributed by atoms with Crippen LogP contribution in [0.15, 0.2) is 73.1 Å². The van der Waals surface area contributed by atoms with Crippen molar-refractivity contribution in [1.82, 2.24) is 14.5 Å². The second-order valence-electron chi connectivity index (χ2n) is 10.7. The Morgan fingerprint density at radius 3 is 2.57 bits per heavy atom. The Bertz CT molecular complexity index is 1400. The molecule has 6 nitrogen and oxygen atoms in total. The van der Waals surface area contributed by atoms with Crippen molar-refractivity contribution in [2.45, 2.75) is 58.2 Å². The van der Waals surface area contributed by atoms with Gasteiger partial charge in [-0.05, 0) is 88.5 Å². The summed E-state index contributed by atoms with van der Waals surface area (Å²) >= 11 is 0. The molecular weight excluding hydrogens is 462 g/mol. The third kappa shape index (κ3) is 5.12. The Hall–Kier alpha value is -3.64. The molecule has 6 heteroatoms. The van der Waals surface area contributed by atoms with Gasteiger partial charge in [0.2, 0.25) is 0 Å². The van der Waals surface area contributed by atoms with Gasteiger partial charge < -0.3 is 9.47 Å². The van der Waals surface area contributed by atoms with Crippen LogP contribution in [0.4, 0.5) is 4.79 Å². The molecule has 0 saturated carbocycles. The van der Waals surface area contributed by atoms with E-state index in [1.54, 1.807) is 11.7 Å². The summed E-state index contributed by atoms with van der Waals surface area (Å²) < 4.78 is 12.6. The molecule has 37 heavy (non-hydrogen) atoms. The monoisotopic (exact) mass is 497 g/mol. The van der Waals surface area contributed by atoms with Crippen LogP contribution in [0.5, 0.6) is 5.75 Å². The van der Waals surface area contributed by atoms with Gasteiger partial charge in [-0.3, -0.25) is 14.5 Å². The Kier molecular flexibility index (Phi) is 6.78. The number of fused-ring (bicyclic) bond motifs is 1. The lowest BCUT2D eigenvalue weighted by atomic mass is 9.99. The normalized spacial score (nSPS) is 17.2. The van der Waals surface area contributed by atoms with Crippen LogP contribution in [0.3, 0.4) is 0 Å². The third-order valence-electron chi connectivity index (χ3n) is 7.14. The van der Waals surface area contributed by atoms with E-state index in [0.29, 0.717) is 6.04 Å². The first-order valence-electron chi connectivity index (χ1n) is 12.9. The number of nitrogens with zero attached hydrogens (tertiary/aromatic N) is 3. The van der Waals surface area contributed by atoms with Gasteiger partial charge in [-0.25, -0.2) is 4.79 Å². The molecule has 2 aromatic heterocycles. The molecule has 192 valence electrons. The molecule has 0 amide bonds. The molecule has 0 aliphatic carbocycles. The van der Waals surface area contributed by atoms with Gasteiger partial charge in [0.15, 0.2) is 0 Å². The summed E-state index contributed by atoms with van der Waals surface area (Å²) in [4.78, 5) is 20.3. The smallest absolute Gasteiger partial charge is 0.419 e. The number of likely N-dealkylation sites (tertiary alicyclic amines) is 1. The SMILES string of the molecule is COc1ccc([C@@H](C)N2CCC[C@H]2c2ccnc(-c3cn(C(=O)OC(C)(C)C)c4ccccc34)c2)cc1. The first-order chi connectivity index (χ1) is 17.7. The topological polar surface area (TPSA) is 56.6 Å². The molecule has 1 aliphatic rings. The van der Waals surface area contributed by atoms with Crippen molar-refractivity contribution in [2.75, 3.05) is 13.7 Å². The number of para-hydroxylation sites is 1. The number of hydrogen-bond donors (Lipinski definition) is 0. The van der Waals surface area contributed by atoms with Gasteiger partial charge >= 0.3 is 6.09 Å². The number of carbonyl (C=O) groups is 1. The molecule has 2 aromatic carbocycles. The van der Waals surface area contributed by atoms with Crippen molar-refractivity contribution in [3.8, 4) is 17.0 Å².